The van der Waals surface area contributed by atoms with E-state index in [2.05, 4.69) is 22.7 Å². The fourth-order valence-corrected chi connectivity index (χ4v) is 5.73. The van der Waals surface area contributed by atoms with E-state index in [0.717, 1.165) is 64.2 Å². The Labute approximate surface area is 221 Å². The van der Waals surface area contributed by atoms with E-state index < -0.39 is 0 Å². The van der Waals surface area contributed by atoms with Crippen molar-refractivity contribution in [3.8, 4) is 17.0 Å². The number of pyridine rings is 1. The van der Waals surface area contributed by atoms with Crippen LogP contribution in [0.25, 0.3) is 22.2 Å². The molecule has 0 radical (unpaired) electrons. The van der Waals surface area contributed by atoms with Gasteiger partial charge in [-0.3, -0.25) is 4.79 Å². The van der Waals surface area contributed by atoms with Crippen molar-refractivity contribution < 1.29 is 14.4 Å². The predicted octanol–water partition coefficient (Wildman–Crippen LogP) is 4.11. The third-order valence-corrected chi connectivity index (χ3v) is 7.58. The number of hydrogen-bond acceptors (Lipinski definition) is 5. The van der Waals surface area contributed by atoms with Crippen LogP contribution in [0.1, 0.15) is 27.0 Å². The molecule has 5 rings (SSSR count). The Morgan fingerprint density at radius 2 is 1.92 bits per heavy atom. The van der Waals surface area contributed by atoms with Gasteiger partial charge in [-0.2, -0.15) is 16.9 Å². The molecule has 6 nitrogen and oxygen atoms in total. The highest BCUT2D eigenvalue weighted by molar-refractivity contribution is 7.99. The number of fused-ring (bicyclic) bond motifs is 1. The summed E-state index contributed by atoms with van der Waals surface area (Å²) in [7, 11) is 1.71. The monoisotopic (exact) mass is 511 g/mol. The minimum absolute atomic E-state index is 0.271. The number of para-hydroxylation sites is 1. The Morgan fingerprint density at radius 3 is 2.73 bits per heavy atom. The summed E-state index contributed by atoms with van der Waals surface area (Å²) in [4.78, 5) is 19.6. The molecule has 1 aliphatic heterocycles. The standard InChI is InChI=1S/C30H30N4O2S/c1-21-6-5-7-23(16-21)28-18-26(25-8-3-4-9-27(25)32-28)30(35)33-31-19-22-10-11-29(36-2)24(17-22)20-34-12-14-37-15-13-34/h3-11,16-19H,12-15,20H2,1-2H3,(H,33,35)/p+1. The maximum absolute atomic E-state index is 13.3. The number of benzene rings is 3. The van der Waals surface area contributed by atoms with Crippen LogP contribution in [0.3, 0.4) is 0 Å². The van der Waals surface area contributed by atoms with Gasteiger partial charge in [0.05, 0.1) is 43.2 Å². The number of hydrogen-bond donors (Lipinski definition) is 2. The molecule has 188 valence electrons. The Balaban J connectivity index is 1.37. The molecule has 1 saturated heterocycles. The lowest BCUT2D eigenvalue weighted by Crippen LogP contribution is -3.12. The lowest BCUT2D eigenvalue weighted by Gasteiger charge is -2.24. The molecule has 1 fully saturated rings. The lowest BCUT2D eigenvalue weighted by atomic mass is 10.0. The van der Waals surface area contributed by atoms with Gasteiger partial charge in [-0.05, 0) is 48.9 Å². The summed E-state index contributed by atoms with van der Waals surface area (Å²) in [5.41, 5.74) is 8.99. The van der Waals surface area contributed by atoms with Gasteiger partial charge in [-0.25, -0.2) is 10.4 Å². The molecule has 0 unspecified atom stereocenters. The Kier molecular flexibility index (Phi) is 7.82. The van der Waals surface area contributed by atoms with Crippen LogP contribution in [-0.2, 0) is 6.54 Å². The van der Waals surface area contributed by atoms with E-state index >= 15 is 0 Å². The highest BCUT2D eigenvalue weighted by Crippen LogP contribution is 2.25. The third-order valence-electron chi connectivity index (χ3n) is 6.60. The van der Waals surface area contributed by atoms with E-state index in [-0.39, 0.29) is 5.91 Å². The zero-order chi connectivity index (χ0) is 25.6. The van der Waals surface area contributed by atoms with Gasteiger partial charge in [0.25, 0.3) is 5.91 Å². The van der Waals surface area contributed by atoms with Crippen LogP contribution in [0.4, 0.5) is 0 Å². The van der Waals surface area contributed by atoms with Crippen molar-refractivity contribution in [2.75, 3.05) is 31.7 Å². The van der Waals surface area contributed by atoms with Gasteiger partial charge >= 0.3 is 0 Å². The van der Waals surface area contributed by atoms with Crippen LogP contribution in [0.5, 0.6) is 5.75 Å². The molecule has 4 aromatic rings. The number of nitrogens with one attached hydrogen (secondary N) is 2. The van der Waals surface area contributed by atoms with E-state index in [1.54, 1.807) is 18.2 Å². The van der Waals surface area contributed by atoms with Gasteiger partial charge in [0, 0.05) is 28.0 Å². The first-order chi connectivity index (χ1) is 18.1. The minimum atomic E-state index is -0.271. The molecule has 2 heterocycles. The average molecular weight is 512 g/mol. The fraction of sp³-hybridized carbons (Fsp3) is 0.233. The number of aromatic nitrogens is 1. The van der Waals surface area contributed by atoms with Crippen molar-refractivity contribution in [2.45, 2.75) is 13.5 Å². The molecule has 0 bridgehead atoms. The molecule has 0 saturated carbocycles. The summed E-state index contributed by atoms with van der Waals surface area (Å²) < 4.78 is 5.60. The average Bonchev–Trinajstić information content (AvgIpc) is 2.93. The molecule has 0 spiro atoms. The molecule has 37 heavy (non-hydrogen) atoms. The van der Waals surface area contributed by atoms with E-state index in [1.165, 1.54) is 11.5 Å². The first-order valence-electron chi connectivity index (χ1n) is 12.5. The summed E-state index contributed by atoms with van der Waals surface area (Å²) in [5.74, 6) is 3.01. The summed E-state index contributed by atoms with van der Waals surface area (Å²) >= 11 is 2.02. The first-order valence-corrected chi connectivity index (χ1v) is 13.6. The summed E-state index contributed by atoms with van der Waals surface area (Å²) in [5, 5.41) is 5.08. The maximum atomic E-state index is 13.3. The Bertz CT molecular complexity index is 1450. The number of ether oxygens (including phenoxy) is 1. The maximum Gasteiger partial charge on any atom is 0.272 e. The zero-order valence-corrected chi connectivity index (χ0v) is 22.0. The van der Waals surface area contributed by atoms with Crippen LogP contribution < -0.4 is 15.1 Å². The smallest absolute Gasteiger partial charge is 0.272 e. The number of quaternary nitrogens is 1. The van der Waals surface area contributed by atoms with Crippen molar-refractivity contribution in [3.05, 3.63) is 95.1 Å². The van der Waals surface area contributed by atoms with Crippen molar-refractivity contribution in [1.29, 1.82) is 0 Å². The number of amides is 1. The molecule has 7 heteroatoms. The number of rotatable bonds is 7. The van der Waals surface area contributed by atoms with Gasteiger partial charge < -0.3 is 9.64 Å². The largest absolute Gasteiger partial charge is 0.496 e. The molecule has 3 aromatic carbocycles. The minimum Gasteiger partial charge on any atom is -0.496 e. The summed E-state index contributed by atoms with van der Waals surface area (Å²) in [6, 6.07) is 23.7. The lowest BCUT2D eigenvalue weighted by molar-refractivity contribution is -0.910. The second-order valence-electron chi connectivity index (χ2n) is 9.25. The topological polar surface area (TPSA) is 68.0 Å². The predicted molar refractivity (Wildman–Crippen MR) is 152 cm³/mol. The molecule has 1 amide bonds. The van der Waals surface area contributed by atoms with Gasteiger partial charge in [-0.15, -0.1) is 0 Å². The molecule has 1 aliphatic rings. The number of carbonyl (C=O) groups is 1. The SMILES string of the molecule is COc1ccc(C=NNC(=O)c2cc(-c3cccc(C)c3)nc3ccccc23)cc1C[NH+]1CCSCC1. The number of aryl methyl sites for hydroxylation is 1. The second kappa shape index (κ2) is 11.6. The fourth-order valence-electron chi connectivity index (χ4n) is 4.66. The molecular formula is C30H31N4O2S+. The molecule has 1 aromatic heterocycles. The van der Waals surface area contributed by atoms with E-state index in [1.807, 2.05) is 79.3 Å². The zero-order valence-electron chi connectivity index (χ0n) is 21.2. The second-order valence-corrected chi connectivity index (χ2v) is 10.5. The van der Waals surface area contributed by atoms with E-state index in [9.17, 15) is 4.79 Å². The highest BCUT2D eigenvalue weighted by Gasteiger charge is 2.17. The summed E-state index contributed by atoms with van der Waals surface area (Å²) in [6.07, 6.45) is 1.69. The quantitative estimate of drug-likeness (QED) is 0.289. The molecule has 0 atom stereocenters. The van der Waals surface area contributed by atoms with E-state index in [4.69, 9.17) is 9.72 Å². The number of carbonyl (C=O) groups excluding carboxylic acids is 1. The van der Waals surface area contributed by atoms with Crippen molar-refractivity contribution in [3.63, 3.8) is 0 Å². The van der Waals surface area contributed by atoms with Crippen LogP contribution in [0, 0.1) is 6.92 Å². The number of thioether (sulfide) groups is 1. The van der Waals surface area contributed by atoms with Crippen molar-refractivity contribution >= 4 is 34.8 Å². The van der Waals surface area contributed by atoms with Gasteiger partial charge in [0.15, 0.2) is 0 Å². The molecule has 2 N–H and O–H groups in total. The number of nitrogens with zero attached hydrogens (tertiary/aromatic N) is 2. The van der Waals surface area contributed by atoms with Crippen molar-refractivity contribution in [1.82, 2.24) is 10.4 Å². The third kappa shape index (κ3) is 6.01. The van der Waals surface area contributed by atoms with E-state index in [0.29, 0.717) is 5.56 Å². The molecule has 0 aliphatic carbocycles. The normalized spacial score (nSPS) is 14.2. The first kappa shape index (κ1) is 25.0. The summed E-state index contributed by atoms with van der Waals surface area (Å²) in [6.45, 7) is 5.28. The van der Waals surface area contributed by atoms with Crippen LogP contribution in [0.15, 0.2) is 77.9 Å². The molecular weight excluding hydrogens is 480 g/mol. The van der Waals surface area contributed by atoms with Crippen molar-refractivity contribution in [2.24, 2.45) is 5.10 Å². The Morgan fingerprint density at radius 1 is 1.08 bits per heavy atom. The Hall–Kier alpha value is -3.68. The van der Waals surface area contributed by atoms with Crippen LogP contribution in [-0.4, -0.2) is 48.8 Å². The van der Waals surface area contributed by atoms with Gasteiger partial charge in [0.1, 0.15) is 12.3 Å². The highest BCUT2D eigenvalue weighted by atomic mass is 32.2. The number of hydrazone groups is 1. The van der Waals surface area contributed by atoms with Crippen LogP contribution >= 0.6 is 11.8 Å². The van der Waals surface area contributed by atoms with Gasteiger partial charge in [0.2, 0.25) is 0 Å². The van der Waals surface area contributed by atoms with Crippen LogP contribution in [0.2, 0.25) is 0 Å². The van der Waals surface area contributed by atoms with Gasteiger partial charge in [-0.1, -0.05) is 42.0 Å². The number of methoxy groups -OCH3 is 1.